The molecule has 0 heterocycles. The van der Waals surface area contributed by atoms with E-state index in [4.69, 9.17) is 4.53 Å². The van der Waals surface area contributed by atoms with E-state index < -0.39 is 0 Å². The molecule has 0 saturated heterocycles. The van der Waals surface area contributed by atoms with Gasteiger partial charge in [-0.15, -0.1) is 0 Å². The van der Waals surface area contributed by atoms with Gasteiger partial charge in [0.2, 0.25) is 0 Å². The van der Waals surface area contributed by atoms with Crippen LogP contribution in [0.15, 0.2) is 0 Å². The van der Waals surface area contributed by atoms with Crippen molar-refractivity contribution >= 4 is 10.5 Å². The molecule has 0 N–H and O–H groups in total. The fourth-order valence-corrected chi connectivity index (χ4v) is 1.16. The molecule has 0 amide bonds. The van der Waals surface area contributed by atoms with E-state index in [0.29, 0.717) is 0 Å². The molecular weight excluding hydrogens is 130 g/mol. The molecule has 0 unspecified atom stereocenters. The van der Waals surface area contributed by atoms with Crippen LogP contribution in [0.2, 0.25) is 0 Å². The van der Waals surface area contributed by atoms with Crippen LogP contribution in [-0.2, 0) is 4.53 Å². The summed E-state index contributed by atoms with van der Waals surface area (Å²) >= 11 is 0. The lowest BCUT2D eigenvalue weighted by molar-refractivity contribution is -0.0508. The first kappa shape index (κ1) is 9.14. The van der Waals surface area contributed by atoms with Crippen molar-refractivity contribution in [3.8, 4) is 0 Å². The Bertz CT molecular complexity index is 55.0. The zero-order chi connectivity index (χ0) is 7.11. The van der Waals surface area contributed by atoms with Crippen LogP contribution in [0.4, 0.5) is 0 Å². The van der Waals surface area contributed by atoms with Gasteiger partial charge in [-0.2, -0.15) is 0 Å². The molecule has 0 fully saturated rings. The van der Waals surface area contributed by atoms with Crippen molar-refractivity contribution in [3.05, 3.63) is 0 Å². The standard InChI is InChI=1S/C6H17NOSi/c1-3-5-7(8-9)6-4-2/h3-6H2,1-2,9H3. The summed E-state index contributed by atoms with van der Waals surface area (Å²) in [6, 6.07) is 0. The van der Waals surface area contributed by atoms with Crippen molar-refractivity contribution in [2.45, 2.75) is 26.7 Å². The smallest absolute Gasteiger partial charge is 0.175 e. The molecule has 0 spiro atoms. The minimum atomic E-state index is 0.827. The lowest BCUT2D eigenvalue weighted by Crippen LogP contribution is -2.24. The highest BCUT2D eigenvalue weighted by molar-refractivity contribution is 5.97. The van der Waals surface area contributed by atoms with Crippen molar-refractivity contribution < 1.29 is 4.53 Å². The van der Waals surface area contributed by atoms with Gasteiger partial charge in [0, 0.05) is 13.1 Å². The van der Waals surface area contributed by atoms with Gasteiger partial charge in [0.25, 0.3) is 0 Å². The molecule has 0 rings (SSSR count). The average molecular weight is 147 g/mol. The van der Waals surface area contributed by atoms with E-state index in [1.807, 2.05) is 5.06 Å². The summed E-state index contributed by atoms with van der Waals surface area (Å²) in [6.45, 7) is 6.50. The summed E-state index contributed by atoms with van der Waals surface area (Å²) in [4.78, 5) is 0. The molecule has 0 aliphatic heterocycles. The Hall–Kier alpha value is 0.137. The van der Waals surface area contributed by atoms with Gasteiger partial charge in [0.1, 0.15) is 0 Å². The van der Waals surface area contributed by atoms with Crippen LogP contribution in [0.5, 0.6) is 0 Å². The third-order valence-corrected chi connectivity index (χ3v) is 1.72. The van der Waals surface area contributed by atoms with E-state index in [9.17, 15) is 0 Å². The molecule has 0 radical (unpaired) electrons. The third-order valence-electron chi connectivity index (χ3n) is 1.20. The Morgan fingerprint density at radius 2 is 1.67 bits per heavy atom. The van der Waals surface area contributed by atoms with Gasteiger partial charge in [0.05, 0.1) is 0 Å². The highest BCUT2D eigenvalue weighted by Crippen LogP contribution is 1.91. The summed E-state index contributed by atoms with van der Waals surface area (Å²) in [6.07, 6.45) is 2.37. The predicted molar refractivity (Wildman–Crippen MR) is 43.2 cm³/mol. The normalized spacial score (nSPS) is 11.0. The van der Waals surface area contributed by atoms with Gasteiger partial charge < -0.3 is 4.53 Å². The zero-order valence-corrected chi connectivity index (χ0v) is 8.68. The summed E-state index contributed by atoms with van der Waals surface area (Å²) in [7, 11) is 0.827. The lowest BCUT2D eigenvalue weighted by Gasteiger charge is -2.17. The van der Waals surface area contributed by atoms with Crippen LogP contribution < -0.4 is 0 Å². The Balaban J connectivity index is 3.18. The van der Waals surface area contributed by atoms with E-state index in [1.54, 1.807) is 0 Å². The summed E-state index contributed by atoms with van der Waals surface area (Å²) in [5.74, 6) is 0. The largest absolute Gasteiger partial charge is 0.355 e. The van der Waals surface area contributed by atoms with E-state index in [-0.39, 0.29) is 0 Å². The van der Waals surface area contributed by atoms with Crippen molar-refractivity contribution in [2.24, 2.45) is 0 Å². The first-order valence-corrected chi connectivity index (χ1v) is 4.45. The van der Waals surface area contributed by atoms with Crippen molar-refractivity contribution in [1.29, 1.82) is 0 Å². The van der Waals surface area contributed by atoms with Crippen LogP contribution >= 0.6 is 0 Å². The Morgan fingerprint density at radius 3 is 1.89 bits per heavy atom. The monoisotopic (exact) mass is 147 g/mol. The molecule has 0 bridgehead atoms. The Morgan fingerprint density at radius 1 is 1.22 bits per heavy atom. The molecule has 0 aliphatic rings. The zero-order valence-electron chi connectivity index (χ0n) is 6.68. The van der Waals surface area contributed by atoms with Crippen LogP contribution in [-0.4, -0.2) is 28.6 Å². The number of nitrogens with zero attached hydrogens (tertiary/aromatic N) is 1. The Kier molecular flexibility index (Phi) is 6.35. The molecule has 0 saturated carbocycles. The van der Waals surface area contributed by atoms with Gasteiger partial charge in [-0.3, -0.25) is 0 Å². The van der Waals surface area contributed by atoms with Gasteiger partial charge in [-0.25, -0.2) is 5.06 Å². The van der Waals surface area contributed by atoms with Gasteiger partial charge in [-0.1, -0.05) is 13.8 Å². The molecule has 0 aromatic heterocycles. The van der Waals surface area contributed by atoms with Crippen LogP contribution in [0.3, 0.4) is 0 Å². The molecule has 56 valence electrons. The summed E-state index contributed by atoms with van der Waals surface area (Å²) in [5, 5.41) is 2.05. The maximum atomic E-state index is 5.20. The highest BCUT2D eigenvalue weighted by atomic mass is 28.2. The second-order valence-corrected chi connectivity index (χ2v) is 2.48. The van der Waals surface area contributed by atoms with E-state index in [0.717, 1.165) is 23.6 Å². The summed E-state index contributed by atoms with van der Waals surface area (Å²) < 4.78 is 5.20. The van der Waals surface area contributed by atoms with E-state index in [2.05, 4.69) is 13.8 Å². The molecule has 3 heteroatoms. The second kappa shape index (κ2) is 6.26. The van der Waals surface area contributed by atoms with E-state index in [1.165, 1.54) is 12.8 Å². The molecule has 0 aromatic rings. The maximum Gasteiger partial charge on any atom is 0.175 e. The average Bonchev–Trinajstić information content (AvgIpc) is 1.88. The van der Waals surface area contributed by atoms with Crippen LogP contribution in [0, 0.1) is 0 Å². The maximum absolute atomic E-state index is 5.20. The minimum absolute atomic E-state index is 0.827. The van der Waals surface area contributed by atoms with Gasteiger partial charge >= 0.3 is 0 Å². The molecule has 0 atom stereocenters. The number of hydroxylamine groups is 2. The fourth-order valence-electron chi connectivity index (χ4n) is 0.793. The number of hydrogen-bond donors (Lipinski definition) is 0. The predicted octanol–water partition coefficient (Wildman–Crippen LogP) is 0.320. The lowest BCUT2D eigenvalue weighted by atomic mass is 10.4. The first-order chi connectivity index (χ1) is 4.35. The molecule has 0 aromatic carbocycles. The third kappa shape index (κ3) is 4.63. The van der Waals surface area contributed by atoms with Gasteiger partial charge in [0.15, 0.2) is 10.5 Å². The number of rotatable bonds is 5. The van der Waals surface area contributed by atoms with Crippen LogP contribution in [0.1, 0.15) is 26.7 Å². The quantitative estimate of drug-likeness (QED) is 0.410. The van der Waals surface area contributed by atoms with E-state index >= 15 is 0 Å². The topological polar surface area (TPSA) is 12.5 Å². The summed E-state index contributed by atoms with van der Waals surface area (Å²) in [5.41, 5.74) is 0. The fraction of sp³-hybridized carbons (Fsp3) is 1.00. The molecule has 2 nitrogen and oxygen atoms in total. The van der Waals surface area contributed by atoms with Crippen LogP contribution in [0.25, 0.3) is 0 Å². The SMILES string of the molecule is CCCN(CCC)O[SiH3]. The van der Waals surface area contributed by atoms with Crippen molar-refractivity contribution in [2.75, 3.05) is 13.1 Å². The molecule has 9 heavy (non-hydrogen) atoms. The minimum Gasteiger partial charge on any atom is -0.355 e. The van der Waals surface area contributed by atoms with Gasteiger partial charge in [-0.05, 0) is 12.8 Å². The first-order valence-electron chi connectivity index (χ1n) is 3.64. The van der Waals surface area contributed by atoms with Crippen molar-refractivity contribution in [3.63, 3.8) is 0 Å². The highest BCUT2D eigenvalue weighted by Gasteiger charge is 1.96. The molecule has 0 aliphatic carbocycles. The number of hydrogen-bond acceptors (Lipinski definition) is 2. The molecular formula is C6H17NOSi. The Labute approximate surface area is 60.7 Å². The second-order valence-electron chi connectivity index (χ2n) is 2.11. The van der Waals surface area contributed by atoms with Crippen molar-refractivity contribution in [1.82, 2.24) is 5.06 Å².